The molecule has 37 heavy (non-hydrogen) atoms. The smallest absolute Gasteiger partial charge is 0.146 e. The molecule has 0 fully saturated rings. The predicted octanol–water partition coefficient (Wildman–Crippen LogP) is 5.24. The highest BCUT2D eigenvalue weighted by molar-refractivity contribution is 6.04. The molecule has 8 nitrogen and oxygen atoms in total. The van der Waals surface area contributed by atoms with Crippen molar-refractivity contribution in [1.82, 2.24) is 20.4 Å². The molecule has 0 saturated carbocycles. The number of nitrogens with zero attached hydrogens (tertiary/aromatic N) is 5. The lowest BCUT2D eigenvalue weighted by molar-refractivity contribution is 0.457. The minimum absolute atomic E-state index is 0.0242. The maximum absolute atomic E-state index is 11.2. The van der Waals surface area contributed by atoms with Crippen LogP contribution in [0.3, 0.4) is 0 Å². The maximum Gasteiger partial charge on any atom is 0.146 e. The van der Waals surface area contributed by atoms with Crippen molar-refractivity contribution < 1.29 is 10.2 Å². The molecule has 1 atom stereocenters. The van der Waals surface area contributed by atoms with E-state index in [9.17, 15) is 10.2 Å². The van der Waals surface area contributed by atoms with Crippen LogP contribution in [-0.4, -0.2) is 37.0 Å². The Kier molecular flexibility index (Phi) is 6.50. The van der Waals surface area contributed by atoms with Crippen LogP contribution in [0.1, 0.15) is 36.1 Å². The zero-order valence-corrected chi connectivity index (χ0v) is 21.3. The van der Waals surface area contributed by atoms with E-state index in [0.717, 1.165) is 27.9 Å². The van der Waals surface area contributed by atoms with Gasteiger partial charge in [0.1, 0.15) is 33.9 Å². The molecule has 3 aromatic carbocycles. The average molecular weight is 495 g/mol. The molecule has 1 aliphatic carbocycles. The summed E-state index contributed by atoms with van der Waals surface area (Å²) < 4.78 is 0. The van der Waals surface area contributed by atoms with Crippen molar-refractivity contribution in [3.63, 3.8) is 0 Å². The van der Waals surface area contributed by atoms with E-state index < -0.39 is 0 Å². The van der Waals surface area contributed by atoms with E-state index in [4.69, 9.17) is 0 Å². The summed E-state index contributed by atoms with van der Waals surface area (Å²) in [7, 11) is 0. The SMILES string of the molecule is CC.Cc1cc(Cc2cc(C)cc(-n3nc4ccccc4n3)c2O)c(O)c(N2N=C3C=CC=CC3N2)c1. The second-order valence-electron chi connectivity index (χ2n) is 8.93. The fourth-order valence-electron chi connectivity index (χ4n) is 4.56. The number of phenolic OH excluding ortho intramolecular Hbond substituents is 2. The molecule has 0 saturated heterocycles. The van der Waals surface area contributed by atoms with Gasteiger partial charge >= 0.3 is 0 Å². The van der Waals surface area contributed by atoms with Gasteiger partial charge in [-0.1, -0.05) is 56.3 Å². The van der Waals surface area contributed by atoms with Crippen molar-refractivity contribution in [3.8, 4) is 17.2 Å². The molecule has 188 valence electrons. The summed E-state index contributed by atoms with van der Waals surface area (Å²) in [5, 5.41) is 37.7. The Labute approximate surface area is 215 Å². The highest BCUT2D eigenvalue weighted by atomic mass is 16.3. The van der Waals surface area contributed by atoms with Gasteiger partial charge in [0.15, 0.2) is 0 Å². The zero-order valence-electron chi connectivity index (χ0n) is 21.3. The minimum atomic E-state index is -0.0242. The number of hydrazine groups is 1. The molecule has 0 bridgehead atoms. The van der Waals surface area contributed by atoms with Gasteiger partial charge in [0.2, 0.25) is 0 Å². The second kappa shape index (κ2) is 9.91. The number of fused-ring (bicyclic) bond motifs is 2. The van der Waals surface area contributed by atoms with Gasteiger partial charge in [-0.05, 0) is 55.3 Å². The number of hydrazone groups is 1. The van der Waals surface area contributed by atoms with Gasteiger partial charge in [0, 0.05) is 17.5 Å². The van der Waals surface area contributed by atoms with Crippen molar-refractivity contribution in [3.05, 3.63) is 95.1 Å². The number of aromatic nitrogens is 3. The average Bonchev–Trinajstić information content (AvgIpc) is 3.53. The Balaban J connectivity index is 0.00000137. The Hall–Kier alpha value is -4.43. The van der Waals surface area contributed by atoms with E-state index in [1.165, 1.54) is 4.80 Å². The van der Waals surface area contributed by atoms with Crippen LogP contribution in [-0.2, 0) is 6.42 Å². The molecule has 2 heterocycles. The molecule has 4 aromatic rings. The molecule has 2 aliphatic rings. The summed E-state index contributed by atoms with van der Waals surface area (Å²) >= 11 is 0. The number of aromatic hydroxyl groups is 2. The Morgan fingerprint density at radius 1 is 0.838 bits per heavy atom. The van der Waals surface area contributed by atoms with Gasteiger partial charge in [-0.2, -0.15) is 15.6 Å². The lowest BCUT2D eigenvalue weighted by atomic mass is 9.98. The van der Waals surface area contributed by atoms with Crippen LogP contribution in [0.2, 0.25) is 0 Å². The molecule has 1 aliphatic heterocycles. The number of phenols is 2. The summed E-state index contributed by atoms with van der Waals surface area (Å²) in [6.45, 7) is 7.94. The first-order chi connectivity index (χ1) is 18.0. The third-order valence-electron chi connectivity index (χ3n) is 6.21. The second-order valence-corrected chi connectivity index (χ2v) is 8.93. The molecular weight excluding hydrogens is 464 g/mol. The predicted molar refractivity (Wildman–Crippen MR) is 147 cm³/mol. The molecule has 8 heteroatoms. The summed E-state index contributed by atoms with van der Waals surface area (Å²) in [5.74, 6) is 0.198. The molecule has 1 unspecified atom stereocenters. The van der Waals surface area contributed by atoms with Crippen LogP contribution in [0.4, 0.5) is 5.69 Å². The number of anilines is 1. The molecule has 1 aromatic heterocycles. The highest BCUT2D eigenvalue weighted by Gasteiger charge is 2.27. The number of allylic oxidation sites excluding steroid dienone is 2. The molecule has 0 spiro atoms. The van der Waals surface area contributed by atoms with Crippen LogP contribution in [0.5, 0.6) is 11.5 Å². The molecular formula is C29H30N6O2. The first kappa shape index (κ1) is 24.3. The van der Waals surface area contributed by atoms with E-state index in [2.05, 4.69) is 20.7 Å². The van der Waals surface area contributed by atoms with Gasteiger partial charge in [-0.15, -0.1) is 15.0 Å². The van der Waals surface area contributed by atoms with Gasteiger partial charge in [-0.25, -0.2) is 0 Å². The number of hydrogen-bond donors (Lipinski definition) is 3. The number of nitrogens with one attached hydrogen (secondary N) is 1. The number of rotatable bonds is 4. The van der Waals surface area contributed by atoms with Crippen LogP contribution in [0.25, 0.3) is 16.7 Å². The Morgan fingerprint density at radius 3 is 2.05 bits per heavy atom. The van der Waals surface area contributed by atoms with Crippen molar-refractivity contribution in [2.45, 2.75) is 40.2 Å². The van der Waals surface area contributed by atoms with Crippen molar-refractivity contribution in [2.24, 2.45) is 5.10 Å². The lowest BCUT2D eigenvalue weighted by Gasteiger charge is -2.20. The number of hydrogen-bond acceptors (Lipinski definition) is 7. The molecule has 3 N–H and O–H groups in total. The lowest BCUT2D eigenvalue weighted by Crippen LogP contribution is -2.37. The van der Waals surface area contributed by atoms with E-state index >= 15 is 0 Å². The van der Waals surface area contributed by atoms with Crippen LogP contribution in [0, 0.1) is 13.8 Å². The largest absolute Gasteiger partial charge is 0.505 e. The Morgan fingerprint density at radius 2 is 1.43 bits per heavy atom. The van der Waals surface area contributed by atoms with E-state index in [0.29, 0.717) is 28.9 Å². The van der Waals surface area contributed by atoms with E-state index in [-0.39, 0.29) is 17.5 Å². The normalized spacial score (nSPS) is 15.9. The molecule has 0 radical (unpaired) electrons. The van der Waals surface area contributed by atoms with E-state index in [1.807, 2.05) is 101 Å². The van der Waals surface area contributed by atoms with Crippen molar-refractivity contribution in [1.29, 1.82) is 0 Å². The van der Waals surface area contributed by atoms with Crippen LogP contribution >= 0.6 is 0 Å². The van der Waals surface area contributed by atoms with Gasteiger partial charge in [0.05, 0.1) is 11.8 Å². The summed E-state index contributed by atoms with van der Waals surface area (Å²) in [6, 6.07) is 15.1. The van der Waals surface area contributed by atoms with Crippen molar-refractivity contribution >= 4 is 22.4 Å². The minimum Gasteiger partial charge on any atom is -0.505 e. The fraction of sp³-hybridized carbons (Fsp3) is 0.207. The number of aryl methyl sites for hydroxylation is 2. The first-order valence-corrected chi connectivity index (χ1v) is 12.4. The van der Waals surface area contributed by atoms with Gasteiger partial charge in [-0.3, -0.25) is 0 Å². The monoisotopic (exact) mass is 494 g/mol. The molecule has 0 amide bonds. The third kappa shape index (κ3) is 4.59. The quantitative estimate of drug-likeness (QED) is 0.359. The first-order valence-electron chi connectivity index (χ1n) is 12.4. The fourth-order valence-corrected chi connectivity index (χ4v) is 4.56. The van der Waals surface area contributed by atoms with E-state index in [1.54, 1.807) is 5.12 Å². The topological polar surface area (TPSA) is 98.8 Å². The highest BCUT2D eigenvalue weighted by Crippen LogP contribution is 2.37. The summed E-state index contributed by atoms with van der Waals surface area (Å²) in [5.41, 5.74) is 10.0. The van der Waals surface area contributed by atoms with Gasteiger partial charge < -0.3 is 10.2 Å². The van der Waals surface area contributed by atoms with Crippen LogP contribution in [0.15, 0.2) is 77.9 Å². The standard InChI is InChI=1S/C27H24N6O2.C2H6/c1-16-11-18(26(34)24(13-16)32-28-20-7-3-4-8-21(20)29-32)15-19-12-17(2)14-25(27(19)35)33-30-22-9-5-6-10-23(22)31-33;1-2/h3-14,20,28,34-35H,15H2,1-2H3;1-2H3. The summed E-state index contributed by atoms with van der Waals surface area (Å²) in [6.07, 6.45) is 8.21. The molecule has 6 rings (SSSR count). The Bertz CT molecular complexity index is 1530. The number of benzene rings is 3. The third-order valence-corrected chi connectivity index (χ3v) is 6.21. The maximum atomic E-state index is 11.2. The zero-order chi connectivity index (χ0) is 26.1. The van der Waals surface area contributed by atoms with Crippen molar-refractivity contribution in [2.75, 3.05) is 5.12 Å². The van der Waals surface area contributed by atoms with Gasteiger partial charge in [0.25, 0.3) is 0 Å². The van der Waals surface area contributed by atoms with Crippen LogP contribution < -0.4 is 10.5 Å². The summed E-state index contributed by atoms with van der Waals surface area (Å²) in [4.78, 5) is 1.46.